The standard InChI is InChI=1S/C22H34O4/c1-2-3-22(5-7-26-22)4-6-25-15-19(20(23)24)14-21-11-16-8-17(12-21)10-18(9-16)13-21/h15-18H,2-14H2,1H3,(H,23,24). The van der Waals surface area contributed by atoms with Crippen LogP contribution in [0.3, 0.4) is 0 Å². The third-order valence-corrected chi connectivity index (χ3v) is 7.58. The summed E-state index contributed by atoms with van der Waals surface area (Å²) >= 11 is 0. The third-order valence-electron chi connectivity index (χ3n) is 7.58. The van der Waals surface area contributed by atoms with E-state index in [1.165, 1.54) is 38.5 Å². The minimum Gasteiger partial charge on any atom is -0.501 e. The molecule has 4 bridgehead atoms. The van der Waals surface area contributed by atoms with Crippen molar-refractivity contribution in [3.8, 4) is 0 Å². The van der Waals surface area contributed by atoms with Crippen LogP contribution in [0.25, 0.3) is 0 Å². The van der Waals surface area contributed by atoms with Gasteiger partial charge in [0.2, 0.25) is 0 Å². The predicted molar refractivity (Wildman–Crippen MR) is 99.7 cm³/mol. The summed E-state index contributed by atoms with van der Waals surface area (Å²) in [6.45, 7) is 3.58. The van der Waals surface area contributed by atoms with E-state index >= 15 is 0 Å². The second-order valence-electron chi connectivity index (χ2n) is 9.69. The minimum absolute atomic E-state index is 0.00803. The fraction of sp³-hybridized carbons (Fsp3) is 0.864. The van der Waals surface area contributed by atoms with E-state index in [0.29, 0.717) is 18.6 Å². The number of carboxylic acids is 1. The maximum atomic E-state index is 11.8. The van der Waals surface area contributed by atoms with Crippen LogP contribution in [0.2, 0.25) is 0 Å². The van der Waals surface area contributed by atoms with Crippen molar-refractivity contribution < 1.29 is 19.4 Å². The molecular weight excluding hydrogens is 328 g/mol. The molecule has 0 aromatic rings. The smallest absolute Gasteiger partial charge is 0.334 e. The summed E-state index contributed by atoms with van der Waals surface area (Å²) < 4.78 is 11.5. The summed E-state index contributed by atoms with van der Waals surface area (Å²) in [5.41, 5.74) is 0.709. The van der Waals surface area contributed by atoms with Gasteiger partial charge in [0.05, 0.1) is 30.6 Å². The van der Waals surface area contributed by atoms with Crippen LogP contribution in [0.4, 0.5) is 0 Å². The van der Waals surface area contributed by atoms with Crippen molar-refractivity contribution in [2.75, 3.05) is 13.2 Å². The molecule has 0 spiro atoms. The van der Waals surface area contributed by atoms with Crippen molar-refractivity contribution >= 4 is 5.97 Å². The highest BCUT2D eigenvalue weighted by Crippen LogP contribution is 2.62. The van der Waals surface area contributed by atoms with Gasteiger partial charge in [-0.05, 0) is 81.0 Å². The Labute approximate surface area is 157 Å². The fourth-order valence-corrected chi connectivity index (χ4v) is 6.85. The highest BCUT2D eigenvalue weighted by molar-refractivity contribution is 5.86. The van der Waals surface area contributed by atoms with Gasteiger partial charge in [-0.1, -0.05) is 13.3 Å². The van der Waals surface area contributed by atoms with Crippen LogP contribution in [0.5, 0.6) is 0 Å². The highest BCUT2D eigenvalue weighted by atomic mass is 16.5. The normalized spacial score (nSPS) is 41.1. The molecule has 4 heteroatoms. The van der Waals surface area contributed by atoms with E-state index in [4.69, 9.17) is 9.47 Å². The molecule has 1 saturated heterocycles. The lowest BCUT2D eigenvalue weighted by atomic mass is 9.48. The van der Waals surface area contributed by atoms with Crippen LogP contribution < -0.4 is 0 Å². The molecule has 4 aliphatic carbocycles. The molecule has 1 aliphatic heterocycles. The lowest BCUT2D eigenvalue weighted by molar-refractivity contribution is -0.161. The topological polar surface area (TPSA) is 55.8 Å². The molecule has 4 saturated carbocycles. The monoisotopic (exact) mass is 362 g/mol. The molecule has 0 radical (unpaired) electrons. The number of carbonyl (C=O) groups is 1. The Bertz CT molecular complexity index is 525. The lowest BCUT2D eigenvalue weighted by Gasteiger charge is -2.57. The Balaban J connectivity index is 1.34. The molecular formula is C22H34O4. The van der Waals surface area contributed by atoms with Crippen LogP contribution in [0, 0.1) is 23.2 Å². The Hall–Kier alpha value is -1.03. The number of rotatable bonds is 9. The van der Waals surface area contributed by atoms with Gasteiger partial charge >= 0.3 is 5.97 Å². The number of hydrogen-bond donors (Lipinski definition) is 1. The van der Waals surface area contributed by atoms with Gasteiger partial charge < -0.3 is 14.6 Å². The summed E-state index contributed by atoms with van der Waals surface area (Å²) in [6.07, 6.45) is 14.3. The Morgan fingerprint density at radius 3 is 2.23 bits per heavy atom. The Morgan fingerprint density at radius 2 is 1.77 bits per heavy atom. The highest BCUT2D eigenvalue weighted by Gasteiger charge is 2.51. The predicted octanol–water partition coefficient (Wildman–Crippen LogP) is 4.93. The molecule has 26 heavy (non-hydrogen) atoms. The van der Waals surface area contributed by atoms with Crippen molar-refractivity contribution in [2.24, 2.45) is 23.2 Å². The Kier molecular flexibility index (Phi) is 5.06. The van der Waals surface area contributed by atoms with E-state index in [9.17, 15) is 9.90 Å². The van der Waals surface area contributed by atoms with E-state index in [1.807, 2.05) is 0 Å². The molecule has 0 aromatic carbocycles. The average molecular weight is 363 g/mol. The average Bonchev–Trinajstić information content (AvgIpc) is 2.53. The first-order valence-corrected chi connectivity index (χ1v) is 10.7. The van der Waals surface area contributed by atoms with E-state index in [2.05, 4.69) is 6.92 Å². The summed E-state index contributed by atoms with van der Waals surface area (Å²) in [7, 11) is 0. The van der Waals surface area contributed by atoms with Crippen molar-refractivity contribution in [1.29, 1.82) is 0 Å². The zero-order valence-electron chi connectivity index (χ0n) is 16.2. The van der Waals surface area contributed by atoms with E-state index in [0.717, 1.165) is 50.0 Å². The molecule has 5 rings (SSSR count). The molecule has 146 valence electrons. The molecule has 0 aromatic heterocycles. The zero-order chi connectivity index (χ0) is 18.2. The Morgan fingerprint density at radius 1 is 1.15 bits per heavy atom. The fourth-order valence-electron chi connectivity index (χ4n) is 6.85. The van der Waals surface area contributed by atoms with Gasteiger partial charge in [-0.25, -0.2) is 4.79 Å². The van der Waals surface area contributed by atoms with Crippen LogP contribution in [0.15, 0.2) is 11.8 Å². The maximum Gasteiger partial charge on any atom is 0.334 e. The number of hydrogen-bond acceptors (Lipinski definition) is 3. The summed E-state index contributed by atoms with van der Waals surface area (Å²) in [4.78, 5) is 11.8. The zero-order valence-corrected chi connectivity index (χ0v) is 16.2. The quantitative estimate of drug-likeness (QED) is 0.359. The van der Waals surface area contributed by atoms with Crippen LogP contribution >= 0.6 is 0 Å². The van der Waals surface area contributed by atoms with Crippen LogP contribution in [-0.4, -0.2) is 29.9 Å². The molecule has 1 heterocycles. The van der Waals surface area contributed by atoms with Gasteiger partial charge in [-0.2, -0.15) is 0 Å². The summed E-state index contributed by atoms with van der Waals surface area (Å²) in [5.74, 6) is 1.74. The van der Waals surface area contributed by atoms with E-state index in [-0.39, 0.29) is 11.0 Å². The van der Waals surface area contributed by atoms with E-state index < -0.39 is 5.97 Å². The van der Waals surface area contributed by atoms with Gasteiger partial charge in [0.15, 0.2) is 0 Å². The van der Waals surface area contributed by atoms with Crippen LogP contribution in [-0.2, 0) is 14.3 Å². The molecule has 5 fully saturated rings. The number of aliphatic carboxylic acids is 1. The van der Waals surface area contributed by atoms with Gasteiger partial charge in [-0.15, -0.1) is 0 Å². The number of ether oxygens (including phenoxy) is 2. The lowest BCUT2D eigenvalue weighted by Crippen LogP contribution is -2.46. The SMILES string of the molecule is CCCC1(CCOC=C(CC23CC4CC(CC(C4)C2)C3)C(=O)O)CCO1. The molecule has 0 amide bonds. The molecule has 4 nitrogen and oxygen atoms in total. The third kappa shape index (κ3) is 3.67. The largest absolute Gasteiger partial charge is 0.501 e. The number of carboxylic acid groups (broad SMARTS) is 1. The van der Waals surface area contributed by atoms with Crippen molar-refractivity contribution in [3.05, 3.63) is 11.8 Å². The molecule has 1 unspecified atom stereocenters. The van der Waals surface area contributed by atoms with E-state index in [1.54, 1.807) is 6.26 Å². The van der Waals surface area contributed by atoms with Crippen LogP contribution in [0.1, 0.15) is 77.6 Å². The minimum atomic E-state index is -0.802. The van der Waals surface area contributed by atoms with Gasteiger partial charge in [0.25, 0.3) is 0 Å². The van der Waals surface area contributed by atoms with Gasteiger partial charge in [-0.3, -0.25) is 0 Å². The molecule has 1 N–H and O–H groups in total. The first-order chi connectivity index (χ1) is 12.5. The summed E-state index contributed by atoms with van der Waals surface area (Å²) in [6, 6.07) is 0. The first kappa shape index (κ1) is 18.3. The summed E-state index contributed by atoms with van der Waals surface area (Å²) in [5, 5.41) is 9.70. The second kappa shape index (κ2) is 7.18. The van der Waals surface area contributed by atoms with Crippen molar-refractivity contribution in [3.63, 3.8) is 0 Å². The van der Waals surface area contributed by atoms with Crippen molar-refractivity contribution in [2.45, 2.75) is 83.2 Å². The maximum absolute atomic E-state index is 11.8. The van der Waals surface area contributed by atoms with Gasteiger partial charge in [0, 0.05) is 6.42 Å². The van der Waals surface area contributed by atoms with Crippen molar-refractivity contribution in [1.82, 2.24) is 0 Å². The molecule has 5 aliphatic rings. The first-order valence-electron chi connectivity index (χ1n) is 10.7. The van der Waals surface area contributed by atoms with Gasteiger partial charge in [0.1, 0.15) is 0 Å². The second-order valence-corrected chi connectivity index (χ2v) is 9.69. The molecule has 1 atom stereocenters.